The molecule has 0 spiro atoms. The van der Waals surface area contributed by atoms with E-state index in [9.17, 15) is 9.59 Å². The molecule has 0 saturated heterocycles. The van der Waals surface area contributed by atoms with E-state index in [1.807, 2.05) is 12.1 Å². The average molecular weight is 343 g/mol. The fourth-order valence-electron chi connectivity index (χ4n) is 2.22. The van der Waals surface area contributed by atoms with E-state index in [0.717, 1.165) is 11.1 Å². The van der Waals surface area contributed by atoms with Gasteiger partial charge in [0.05, 0.1) is 12.2 Å². The van der Waals surface area contributed by atoms with Crippen LogP contribution in [0.25, 0.3) is 0 Å². The summed E-state index contributed by atoms with van der Waals surface area (Å²) in [5, 5.41) is 11.7. The second-order valence-electron chi connectivity index (χ2n) is 5.44. The first kappa shape index (κ1) is 18.4. The molecule has 0 unspecified atom stereocenters. The molecule has 7 nitrogen and oxygen atoms in total. The van der Waals surface area contributed by atoms with Crippen LogP contribution in [0.4, 0.5) is 4.79 Å². The molecule has 0 saturated carbocycles. The number of aromatic nitrogens is 1. The Hall–Kier alpha value is -2.93. The third-order valence-electron chi connectivity index (χ3n) is 3.59. The first-order valence-corrected chi connectivity index (χ1v) is 7.83. The summed E-state index contributed by atoms with van der Waals surface area (Å²) < 4.78 is 5.07. The Morgan fingerprint density at radius 1 is 1.20 bits per heavy atom. The molecule has 0 aliphatic rings. The van der Waals surface area contributed by atoms with E-state index in [1.165, 1.54) is 12.1 Å². The van der Waals surface area contributed by atoms with E-state index in [-0.39, 0.29) is 11.6 Å². The number of rotatable bonds is 8. The summed E-state index contributed by atoms with van der Waals surface area (Å²) in [7, 11) is 1.59. The molecule has 0 radical (unpaired) electrons. The second-order valence-corrected chi connectivity index (χ2v) is 5.44. The van der Waals surface area contributed by atoms with Crippen molar-refractivity contribution in [3.63, 3.8) is 0 Å². The van der Waals surface area contributed by atoms with Crippen LogP contribution >= 0.6 is 0 Å². The summed E-state index contributed by atoms with van der Waals surface area (Å²) in [4.78, 5) is 29.0. The van der Waals surface area contributed by atoms with Gasteiger partial charge in [0, 0.05) is 39.1 Å². The average Bonchev–Trinajstić information content (AvgIpc) is 2.64. The molecule has 0 atom stereocenters. The maximum atomic E-state index is 12.4. The lowest BCUT2D eigenvalue weighted by Crippen LogP contribution is -2.40. The monoisotopic (exact) mass is 343 g/mol. The maximum Gasteiger partial charge on any atom is 0.335 e. The quantitative estimate of drug-likeness (QED) is 0.766. The Bertz CT molecular complexity index is 689. The predicted octanol–water partition coefficient (Wildman–Crippen LogP) is 2.14. The number of nitrogens with one attached hydrogen (secondary N) is 1. The van der Waals surface area contributed by atoms with E-state index in [1.54, 1.807) is 36.5 Å². The number of carboxylic acids is 1. The summed E-state index contributed by atoms with van der Waals surface area (Å²) in [6, 6.07) is 9.92. The van der Waals surface area contributed by atoms with E-state index in [4.69, 9.17) is 9.84 Å². The van der Waals surface area contributed by atoms with Gasteiger partial charge in [-0.05, 0) is 29.3 Å². The molecule has 7 heteroatoms. The van der Waals surface area contributed by atoms with Crippen LogP contribution in [0.1, 0.15) is 21.5 Å². The number of methoxy groups -OCH3 is 1. The number of pyridine rings is 1. The maximum absolute atomic E-state index is 12.4. The van der Waals surface area contributed by atoms with Crippen molar-refractivity contribution in [1.29, 1.82) is 0 Å². The zero-order valence-corrected chi connectivity index (χ0v) is 14.0. The standard InChI is InChI=1S/C18H21N3O4/c1-25-10-9-21(13-15-3-2-8-19-11-15)18(24)20-12-14-4-6-16(7-5-14)17(22)23/h2-8,11H,9-10,12-13H2,1H3,(H,20,24)(H,22,23). The largest absolute Gasteiger partial charge is 0.478 e. The highest BCUT2D eigenvalue weighted by molar-refractivity contribution is 5.87. The van der Waals surface area contributed by atoms with Crippen LogP contribution in [0.15, 0.2) is 48.8 Å². The lowest BCUT2D eigenvalue weighted by Gasteiger charge is -2.23. The van der Waals surface area contributed by atoms with Crippen molar-refractivity contribution >= 4 is 12.0 Å². The van der Waals surface area contributed by atoms with E-state index in [0.29, 0.717) is 26.2 Å². The minimum Gasteiger partial charge on any atom is -0.478 e. The van der Waals surface area contributed by atoms with Gasteiger partial charge in [-0.15, -0.1) is 0 Å². The van der Waals surface area contributed by atoms with Crippen LogP contribution in [0.3, 0.4) is 0 Å². The number of carboxylic acid groups (broad SMARTS) is 1. The van der Waals surface area contributed by atoms with Crippen molar-refractivity contribution in [2.75, 3.05) is 20.3 Å². The zero-order chi connectivity index (χ0) is 18.1. The highest BCUT2D eigenvalue weighted by atomic mass is 16.5. The lowest BCUT2D eigenvalue weighted by molar-refractivity contribution is 0.0697. The molecule has 0 bridgehead atoms. The topological polar surface area (TPSA) is 91.8 Å². The number of aromatic carboxylic acids is 1. The molecule has 2 aromatic rings. The Labute approximate surface area is 146 Å². The van der Waals surface area contributed by atoms with Crippen LogP contribution in [-0.2, 0) is 17.8 Å². The molecule has 1 heterocycles. The predicted molar refractivity (Wildman–Crippen MR) is 92.2 cm³/mol. The fraction of sp³-hybridized carbons (Fsp3) is 0.278. The Morgan fingerprint density at radius 2 is 1.96 bits per heavy atom. The van der Waals surface area contributed by atoms with Gasteiger partial charge in [0.25, 0.3) is 0 Å². The number of benzene rings is 1. The molecule has 2 amide bonds. The van der Waals surface area contributed by atoms with Crippen LogP contribution in [0.5, 0.6) is 0 Å². The van der Waals surface area contributed by atoms with Crippen molar-refractivity contribution in [1.82, 2.24) is 15.2 Å². The summed E-state index contributed by atoms with van der Waals surface area (Å²) in [6.07, 6.45) is 3.40. The minimum atomic E-state index is -0.974. The van der Waals surface area contributed by atoms with E-state index >= 15 is 0 Å². The third kappa shape index (κ3) is 5.89. The summed E-state index contributed by atoms with van der Waals surface area (Å²) in [5.41, 5.74) is 1.97. The van der Waals surface area contributed by atoms with E-state index < -0.39 is 5.97 Å². The van der Waals surface area contributed by atoms with Gasteiger partial charge >= 0.3 is 12.0 Å². The summed E-state index contributed by atoms with van der Waals surface area (Å²) >= 11 is 0. The summed E-state index contributed by atoms with van der Waals surface area (Å²) in [6.45, 7) is 1.63. The molecule has 1 aromatic carbocycles. The normalized spacial score (nSPS) is 10.3. The van der Waals surface area contributed by atoms with Gasteiger partial charge in [-0.25, -0.2) is 9.59 Å². The SMILES string of the molecule is COCCN(Cc1cccnc1)C(=O)NCc1ccc(C(=O)O)cc1. The second kappa shape index (κ2) is 9.39. The number of carbonyl (C=O) groups excluding carboxylic acids is 1. The van der Waals surface area contributed by atoms with Gasteiger partial charge in [-0.2, -0.15) is 0 Å². The lowest BCUT2D eigenvalue weighted by atomic mass is 10.1. The highest BCUT2D eigenvalue weighted by Gasteiger charge is 2.13. The van der Waals surface area contributed by atoms with Gasteiger partial charge in [-0.1, -0.05) is 18.2 Å². The zero-order valence-electron chi connectivity index (χ0n) is 14.0. The highest BCUT2D eigenvalue weighted by Crippen LogP contribution is 2.06. The Balaban J connectivity index is 1.95. The Morgan fingerprint density at radius 3 is 2.56 bits per heavy atom. The van der Waals surface area contributed by atoms with Crippen LogP contribution in [-0.4, -0.2) is 47.3 Å². The number of hydrogen-bond donors (Lipinski definition) is 2. The van der Waals surface area contributed by atoms with Crippen molar-refractivity contribution in [3.05, 3.63) is 65.5 Å². The number of nitrogens with zero attached hydrogens (tertiary/aromatic N) is 2. The molecule has 1 aromatic heterocycles. The fourth-order valence-corrected chi connectivity index (χ4v) is 2.22. The van der Waals surface area contributed by atoms with Crippen molar-refractivity contribution in [2.45, 2.75) is 13.1 Å². The minimum absolute atomic E-state index is 0.216. The van der Waals surface area contributed by atoms with Crippen LogP contribution in [0, 0.1) is 0 Å². The molecule has 2 N–H and O–H groups in total. The molecule has 25 heavy (non-hydrogen) atoms. The van der Waals surface area contributed by atoms with E-state index in [2.05, 4.69) is 10.3 Å². The van der Waals surface area contributed by atoms with Gasteiger partial charge in [0.1, 0.15) is 0 Å². The molecular formula is C18H21N3O4. The molecular weight excluding hydrogens is 322 g/mol. The van der Waals surface area contributed by atoms with Gasteiger partial charge in [-0.3, -0.25) is 4.98 Å². The van der Waals surface area contributed by atoms with Crippen molar-refractivity contribution in [3.8, 4) is 0 Å². The van der Waals surface area contributed by atoms with Crippen LogP contribution in [0.2, 0.25) is 0 Å². The first-order valence-electron chi connectivity index (χ1n) is 7.83. The molecule has 132 valence electrons. The molecule has 2 rings (SSSR count). The first-order chi connectivity index (χ1) is 12.1. The molecule has 0 aliphatic heterocycles. The number of carbonyl (C=O) groups is 2. The number of amides is 2. The summed E-state index contributed by atoms with van der Waals surface area (Å²) in [5.74, 6) is -0.974. The van der Waals surface area contributed by atoms with Crippen LogP contribution < -0.4 is 5.32 Å². The van der Waals surface area contributed by atoms with Gasteiger partial charge in [0.15, 0.2) is 0 Å². The number of urea groups is 1. The van der Waals surface area contributed by atoms with Crippen molar-refractivity contribution in [2.24, 2.45) is 0 Å². The smallest absolute Gasteiger partial charge is 0.335 e. The molecule has 0 fully saturated rings. The Kier molecular flexibility index (Phi) is 6.91. The number of ether oxygens (including phenoxy) is 1. The molecule has 0 aliphatic carbocycles. The van der Waals surface area contributed by atoms with Crippen molar-refractivity contribution < 1.29 is 19.4 Å². The van der Waals surface area contributed by atoms with Gasteiger partial charge < -0.3 is 20.1 Å². The number of hydrogen-bond acceptors (Lipinski definition) is 4. The van der Waals surface area contributed by atoms with Gasteiger partial charge in [0.2, 0.25) is 0 Å². The third-order valence-corrected chi connectivity index (χ3v) is 3.59.